The zero-order valence-electron chi connectivity index (χ0n) is 20.9. The zero-order valence-corrected chi connectivity index (χ0v) is 20.9. The standard InChI is InChI=1S/C32H29N3O2/c1-22(34(31(36)25-15-16-25)20-19-23-9-3-2-4-10-23)30-33-29-14-8-7-13-28(29)32(37)35(30)27-18-17-24-11-5-6-12-26(24)21-27/h2-14,17-18,21-22,25H,15-16,19-20H2,1H3. The normalized spacial score (nSPS) is 14.1. The Kier molecular flexibility index (Phi) is 6.05. The van der Waals surface area contributed by atoms with Gasteiger partial charge < -0.3 is 4.90 Å². The van der Waals surface area contributed by atoms with E-state index >= 15 is 0 Å². The Morgan fingerprint density at radius 3 is 2.41 bits per heavy atom. The first-order chi connectivity index (χ1) is 18.1. The highest BCUT2D eigenvalue weighted by atomic mass is 16.2. The first-order valence-electron chi connectivity index (χ1n) is 13.0. The number of nitrogens with zero attached hydrogens (tertiary/aromatic N) is 3. The second-order valence-corrected chi connectivity index (χ2v) is 9.88. The van der Waals surface area contributed by atoms with Crippen LogP contribution >= 0.6 is 0 Å². The summed E-state index contributed by atoms with van der Waals surface area (Å²) in [5.41, 5.74) is 2.46. The molecule has 1 aliphatic rings. The molecule has 0 spiro atoms. The molecule has 4 aromatic carbocycles. The number of carbonyl (C=O) groups excluding carboxylic acids is 1. The van der Waals surface area contributed by atoms with Crippen LogP contribution < -0.4 is 5.56 Å². The Hall–Kier alpha value is -4.25. The molecule has 6 rings (SSSR count). The van der Waals surface area contributed by atoms with Gasteiger partial charge in [0, 0.05) is 12.5 Å². The summed E-state index contributed by atoms with van der Waals surface area (Å²) in [6.07, 6.45) is 2.60. The molecule has 0 radical (unpaired) electrons. The number of amides is 1. The van der Waals surface area contributed by atoms with E-state index in [-0.39, 0.29) is 23.4 Å². The first-order valence-corrected chi connectivity index (χ1v) is 13.0. The van der Waals surface area contributed by atoms with Crippen LogP contribution in [0, 0.1) is 5.92 Å². The van der Waals surface area contributed by atoms with Crippen LogP contribution in [0.2, 0.25) is 0 Å². The maximum atomic E-state index is 13.9. The van der Waals surface area contributed by atoms with Crippen LogP contribution in [0.1, 0.15) is 37.2 Å². The van der Waals surface area contributed by atoms with Crippen LogP contribution in [0.4, 0.5) is 0 Å². The van der Waals surface area contributed by atoms with Crippen LogP contribution in [-0.4, -0.2) is 26.9 Å². The minimum absolute atomic E-state index is 0.0690. The van der Waals surface area contributed by atoms with Gasteiger partial charge in [-0.15, -0.1) is 0 Å². The maximum Gasteiger partial charge on any atom is 0.266 e. The van der Waals surface area contributed by atoms with Crippen molar-refractivity contribution in [2.24, 2.45) is 5.92 Å². The highest BCUT2D eigenvalue weighted by Crippen LogP contribution is 2.34. The third-order valence-electron chi connectivity index (χ3n) is 7.33. The molecule has 1 amide bonds. The van der Waals surface area contributed by atoms with Crippen molar-refractivity contribution in [3.05, 3.63) is 119 Å². The van der Waals surface area contributed by atoms with E-state index in [1.165, 1.54) is 5.56 Å². The molecule has 5 heteroatoms. The van der Waals surface area contributed by atoms with Gasteiger partial charge in [0.2, 0.25) is 5.91 Å². The van der Waals surface area contributed by atoms with E-state index in [0.29, 0.717) is 23.3 Å². The molecule has 37 heavy (non-hydrogen) atoms. The minimum Gasteiger partial charge on any atom is -0.332 e. The molecule has 1 unspecified atom stereocenters. The lowest BCUT2D eigenvalue weighted by atomic mass is 10.1. The molecule has 0 aliphatic heterocycles. The lowest BCUT2D eigenvalue weighted by Gasteiger charge is -2.31. The van der Waals surface area contributed by atoms with Gasteiger partial charge in [-0.2, -0.15) is 0 Å². The van der Waals surface area contributed by atoms with E-state index in [0.717, 1.165) is 35.7 Å². The Morgan fingerprint density at radius 1 is 0.919 bits per heavy atom. The summed E-state index contributed by atoms with van der Waals surface area (Å²) >= 11 is 0. The van der Waals surface area contributed by atoms with E-state index < -0.39 is 0 Å². The van der Waals surface area contributed by atoms with Crippen molar-refractivity contribution in [2.45, 2.75) is 32.2 Å². The van der Waals surface area contributed by atoms with Crippen LogP contribution in [-0.2, 0) is 11.2 Å². The van der Waals surface area contributed by atoms with Crippen molar-refractivity contribution in [2.75, 3.05) is 6.54 Å². The summed E-state index contributed by atoms with van der Waals surface area (Å²) in [6, 6.07) is 31.4. The topological polar surface area (TPSA) is 55.2 Å². The third-order valence-corrected chi connectivity index (χ3v) is 7.33. The van der Waals surface area contributed by atoms with E-state index in [2.05, 4.69) is 18.2 Å². The average molecular weight is 488 g/mol. The molecule has 0 saturated heterocycles. The molecule has 184 valence electrons. The Bertz CT molecular complexity index is 1650. The summed E-state index contributed by atoms with van der Waals surface area (Å²) in [5.74, 6) is 0.802. The summed E-state index contributed by atoms with van der Waals surface area (Å²) in [6.45, 7) is 2.57. The molecular formula is C32H29N3O2. The fourth-order valence-corrected chi connectivity index (χ4v) is 5.09. The van der Waals surface area contributed by atoms with E-state index in [1.807, 2.05) is 90.7 Å². The summed E-state index contributed by atoms with van der Waals surface area (Å²) < 4.78 is 1.70. The molecule has 0 bridgehead atoms. The van der Waals surface area contributed by atoms with Gasteiger partial charge in [-0.3, -0.25) is 14.2 Å². The molecule has 1 aliphatic carbocycles. The monoisotopic (exact) mass is 487 g/mol. The maximum absolute atomic E-state index is 13.9. The summed E-state index contributed by atoms with van der Waals surface area (Å²) in [7, 11) is 0. The molecule has 5 nitrogen and oxygen atoms in total. The van der Waals surface area contributed by atoms with Crippen molar-refractivity contribution in [3.8, 4) is 5.69 Å². The summed E-state index contributed by atoms with van der Waals surface area (Å²) in [5, 5.41) is 2.72. The van der Waals surface area contributed by atoms with E-state index in [9.17, 15) is 9.59 Å². The van der Waals surface area contributed by atoms with E-state index in [1.54, 1.807) is 4.57 Å². The second kappa shape index (κ2) is 9.66. The van der Waals surface area contributed by atoms with Gasteiger partial charge in [-0.25, -0.2) is 4.98 Å². The average Bonchev–Trinajstić information content (AvgIpc) is 3.79. The van der Waals surface area contributed by atoms with Crippen molar-refractivity contribution in [3.63, 3.8) is 0 Å². The third kappa shape index (κ3) is 4.53. The molecule has 1 saturated carbocycles. The Labute approximate surface area is 216 Å². The number of hydrogen-bond donors (Lipinski definition) is 0. The van der Waals surface area contributed by atoms with Gasteiger partial charge in [0.05, 0.1) is 22.6 Å². The minimum atomic E-state index is -0.374. The fraction of sp³-hybridized carbons (Fsp3) is 0.219. The number of benzene rings is 4. The predicted octanol–water partition coefficient (Wildman–Crippen LogP) is 6.08. The van der Waals surface area contributed by atoms with E-state index in [4.69, 9.17) is 4.98 Å². The van der Waals surface area contributed by atoms with Gasteiger partial charge in [0.1, 0.15) is 5.82 Å². The largest absolute Gasteiger partial charge is 0.332 e. The van der Waals surface area contributed by atoms with Gasteiger partial charge >= 0.3 is 0 Å². The van der Waals surface area contributed by atoms with Gasteiger partial charge in [-0.05, 0) is 66.8 Å². The van der Waals surface area contributed by atoms with Crippen molar-refractivity contribution in [1.29, 1.82) is 0 Å². The Morgan fingerprint density at radius 2 is 1.62 bits per heavy atom. The number of fused-ring (bicyclic) bond motifs is 2. The van der Waals surface area contributed by atoms with Crippen LogP contribution in [0.25, 0.3) is 27.4 Å². The molecule has 1 fully saturated rings. The highest BCUT2D eigenvalue weighted by molar-refractivity contribution is 5.85. The predicted molar refractivity (Wildman–Crippen MR) is 148 cm³/mol. The quantitative estimate of drug-likeness (QED) is 0.280. The molecule has 1 heterocycles. The molecular weight excluding hydrogens is 458 g/mol. The van der Waals surface area contributed by atoms with Crippen molar-refractivity contribution < 1.29 is 4.79 Å². The van der Waals surface area contributed by atoms with Gasteiger partial charge in [-0.1, -0.05) is 72.8 Å². The zero-order chi connectivity index (χ0) is 25.4. The van der Waals surface area contributed by atoms with Gasteiger partial charge in [0.15, 0.2) is 0 Å². The number of carbonyl (C=O) groups is 1. The lowest BCUT2D eigenvalue weighted by Crippen LogP contribution is -2.39. The van der Waals surface area contributed by atoms with Crippen molar-refractivity contribution in [1.82, 2.24) is 14.5 Å². The number of rotatable bonds is 7. The number of hydrogen-bond acceptors (Lipinski definition) is 3. The number of aromatic nitrogens is 2. The molecule has 5 aromatic rings. The number of para-hydroxylation sites is 1. The van der Waals surface area contributed by atoms with Gasteiger partial charge in [0.25, 0.3) is 5.56 Å². The Balaban J connectivity index is 1.49. The van der Waals surface area contributed by atoms with Crippen LogP contribution in [0.5, 0.6) is 0 Å². The van der Waals surface area contributed by atoms with Crippen molar-refractivity contribution >= 4 is 27.6 Å². The highest BCUT2D eigenvalue weighted by Gasteiger charge is 2.36. The smallest absolute Gasteiger partial charge is 0.266 e. The van der Waals surface area contributed by atoms with Crippen LogP contribution in [0.15, 0.2) is 102 Å². The van der Waals surface area contributed by atoms with Crippen LogP contribution in [0.3, 0.4) is 0 Å². The molecule has 0 N–H and O–H groups in total. The lowest BCUT2D eigenvalue weighted by molar-refractivity contribution is -0.134. The first kappa shape index (κ1) is 23.2. The second-order valence-electron chi connectivity index (χ2n) is 9.88. The summed E-state index contributed by atoms with van der Waals surface area (Å²) in [4.78, 5) is 34.4. The molecule has 1 atom stereocenters. The molecule has 1 aromatic heterocycles. The SMILES string of the molecule is CC(c1nc2ccccc2c(=O)n1-c1ccc2ccccc2c1)N(CCc1ccccc1)C(=O)C1CC1. The fourth-order valence-electron chi connectivity index (χ4n) is 5.09.